The van der Waals surface area contributed by atoms with Crippen molar-refractivity contribution in [1.82, 2.24) is 10.2 Å². The first-order valence-corrected chi connectivity index (χ1v) is 9.18. The molecule has 1 amide bonds. The summed E-state index contributed by atoms with van der Waals surface area (Å²) in [4.78, 5) is 19.3. The summed E-state index contributed by atoms with van der Waals surface area (Å²) >= 11 is 1.63. The van der Waals surface area contributed by atoms with Gasteiger partial charge in [-0.3, -0.25) is 9.79 Å². The van der Waals surface area contributed by atoms with Crippen molar-refractivity contribution in [1.29, 1.82) is 0 Å². The number of carbonyl (C=O) groups excluding carboxylic acids is 1. The standard InChI is InChI=1S/C16H29N3OS/c1-12(2)14(21-16-17-10-11-19(16)3)15(20)18-13-8-6-4-5-7-9-13/h12-14H,4-11H2,1-3H3,(H,18,20). The summed E-state index contributed by atoms with van der Waals surface area (Å²) in [5.74, 6) is 0.516. The third kappa shape index (κ3) is 4.90. The Morgan fingerprint density at radius 1 is 1.29 bits per heavy atom. The molecule has 1 aliphatic carbocycles. The number of hydrogen-bond acceptors (Lipinski definition) is 4. The fraction of sp³-hybridized carbons (Fsp3) is 0.875. The number of thioether (sulfide) groups is 1. The Kier molecular flexibility index (Phi) is 6.40. The minimum absolute atomic E-state index is 0.0347. The van der Waals surface area contributed by atoms with E-state index in [1.807, 2.05) is 0 Å². The second-order valence-electron chi connectivity index (χ2n) is 6.57. The van der Waals surface area contributed by atoms with Crippen LogP contribution in [0.3, 0.4) is 0 Å². The van der Waals surface area contributed by atoms with Gasteiger partial charge in [0.05, 0.1) is 11.8 Å². The van der Waals surface area contributed by atoms with Gasteiger partial charge < -0.3 is 10.2 Å². The maximum absolute atomic E-state index is 12.7. The number of likely N-dealkylation sites (N-methyl/N-ethyl adjacent to an activating group) is 1. The van der Waals surface area contributed by atoms with Gasteiger partial charge in [-0.1, -0.05) is 51.3 Å². The van der Waals surface area contributed by atoms with E-state index in [4.69, 9.17) is 0 Å². The fourth-order valence-corrected chi connectivity index (χ4v) is 4.06. The highest BCUT2D eigenvalue weighted by molar-refractivity contribution is 8.14. The number of hydrogen-bond donors (Lipinski definition) is 1. The van der Waals surface area contributed by atoms with Gasteiger partial charge in [-0.25, -0.2) is 0 Å². The highest BCUT2D eigenvalue weighted by Gasteiger charge is 2.29. The SMILES string of the molecule is CC(C)C(SC1=NCCN1C)C(=O)NC1CCCCCC1. The van der Waals surface area contributed by atoms with E-state index in [9.17, 15) is 4.79 Å². The molecule has 1 N–H and O–H groups in total. The summed E-state index contributed by atoms with van der Waals surface area (Å²) in [5.41, 5.74) is 0. The molecule has 0 aromatic carbocycles. The predicted octanol–water partition coefficient (Wildman–Crippen LogP) is 2.88. The molecule has 1 unspecified atom stereocenters. The lowest BCUT2D eigenvalue weighted by Gasteiger charge is -2.25. The van der Waals surface area contributed by atoms with Gasteiger partial charge in [0.2, 0.25) is 5.91 Å². The normalized spacial score (nSPS) is 22.1. The number of aliphatic imine (C=N–C) groups is 1. The molecular weight excluding hydrogens is 282 g/mol. The third-order valence-corrected chi connectivity index (χ3v) is 5.97. The van der Waals surface area contributed by atoms with Gasteiger partial charge in [-0.2, -0.15) is 0 Å². The lowest BCUT2D eigenvalue weighted by molar-refractivity contribution is -0.122. The number of amides is 1. The Morgan fingerprint density at radius 3 is 2.48 bits per heavy atom. The molecule has 1 fully saturated rings. The minimum atomic E-state index is -0.0347. The van der Waals surface area contributed by atoms with E-state index >= 15 is 0 Å². The smallest absolute Gasteiger partial charge is 0.234 e. The zero-order valence-electron chi connectivity index (χ0n) is 13.6. The van der Waals surface area contributed by atoms with Crippen molar-refractivity contribution in [3.63, 3.8) is 0 Å². The van der Waals surface area contributed by atoms with Crippen molar-refractivity contribution in [3.05, 3.63) is 0 Å². The molecule has 5 heteroatoms. The molecule has 2 rings (SSSR count). The highest BCUT2D eigenvalue weighted by atomic mass is 32.2. The van der Waals surface area contributed by atoms with E-state index in [1.165, 1.54) is 25.7 Å². The number of amidine groups is 1. The van der Waals surface area contributed by atoms with Crippen molar-refractivity contribution in [2.75, 3.05) is 20.1 Å². The quantitative estimate of drug-likeness (QED) is 0.812. The molecule has 0 aromatic rings. The lowest BCUT2D eigenvalue weighted by atomic mass is 10.1. The van der Waals surface area contributed by atoms with Crippen LogP contribution in [0.4, 0.5) is 0 Å². The van der Waals surface area contributed by atoms with E-state index < -0.39 is 0 Å². The Balaban J connectivity index is 1.92. The number of nitrogens with zero attached hydrogens (tertiary/aromatic N) is 2. The maximum atomic E-state index is 12.7. The molecule has 1 atom stereocenters. The molecule has 2 aliphatic rings. The van der Waals surface area contributed by atoms with Crippen LogP contribution in [0.25, 0.3) is 0 Å². The van der Waals surface area contributed by atoms with Crippen LogP contribution >= 0.6 is 11.8 Å². The molecular formula is C16H29N3OS. The average molecular weight is 311 g/mol. The van der Waals surface area contributed by atoms with Crippen LogP contribution in [0.1, 0.15) is 52.4 Å². The monoisotopic (exact) mass is 311 g/mol. The molecule has 0 bridgehead atoms. The van der Waals surface area contributed by atoms with Crippen LogP contribution in [0.2, 0.25) is 0 Å². The van der Waals surface area contributed by atoms with Gasteiger partial charge in [0, 0.05) is 19.6 Å². The molecule has 0 spiro atoms. The van der Waals surface area contributed by atoms with Gasteiger partial charge in [0.1, 0.15) is 0 Å². The van der Waals surface area contributed by atoms with Gasteiger partial charge in [-0.15, -0.1) is 0 Å². The van der Waals surface area contributed by atoms with E-state index in [2.05, 4.69) is 36.1 Å². The molecule has 1 aliphatic heterocycles. The van der Waals surface area contributed by atoms with Crippen molar-refractivity contribution in [3.8, 4) is 0 Å². The Bertz CT molecular complexity index is 376. The summed E-state index contributed by atoms with van der Waals surface area (Å²) in [6, 6.07) is 0.380. The molecule has 0 aromatic heterocycles. The zero-order valence-corrected chi connectivity index (χ0v) is 14.4. The second-order valence-corrected chi connectivity index (χ2v) is 7.67. The maximum Gasteiger partial charge on any atom is 0.234 e. The molecule has 21 heavy (non-hydrogen) atoms. The molecule has 120 valence electrons. The first kappa shape index (κ1) is 16.7. The topological polar surface area (TPSA) is 44.7 Å². The van der Waals surface area contributed by atoms with E-state index in [0.717, 1.165) is 31.1 Å². The van der Waals surface area contributed by atoms with Crippen LogP contribution in [0, 0.1) is 5.92 Å². The predicted molar refractivity (Wildman–Crippen MR) is 90.8 cm³/mol. The fourth-order valence-electron chi connectivity index (χ4n) is 2.95. The van der Waals surface area contributed by atoms with Crippen LogP contribution < -0.4 is 5.32 Å². The zero-order chi connectivity index (χ0) is 15.2. The largest absolute Gasteiger partial charge is 0.353 e. The lowest BCUT2D eigenvalue weighted by Crippen LogP contribution is -2.43. The molecule has 4 nitrogen and oxygen atoms in total. The Morgan fingerprint density at radius 2 is 1.95 bits per heavy atom. The first-order chi connectivity index (χ1) is 10.1. The van der Waals surface area contributed by atoms with E-state index in [1.54, 1.807) is 11.8 Å². The second kappa shape index (κ2) is 8.06. The van der Waals surface area contributed by atoms with Gasteiger partial charge in [-0.05, 0) is 18.8 Å². The number of rotatable bonds is 4. The van der Waals surface area contributed by atoms with Crippen molar-refractivity contribution in [2.45, 2.75) is 63.7 Å². The van der Waals surface area contributed by atoms with Crippen molar-refractivity contribution >= 4 is 22.8 Å². The first-order valence-electron chi connectivity index (χ1n) is 8.30. The summed E-state index contributed by atoms with van der Waals surface area (Å²) < 4.78 is 0. The Hall–Kier alpha value is -0.710. The third-order valence-electron chi connectivity index (χ3n) is 4.31. The number of carbonyl (C=O) groups is 1. The highest BCUT2D eigenvalue weighted by Crippen LogP contribution is 2.25. The summed E-state index contributed by atoms with van der Waals surface area (Å²) in [6.45, 7) is 6.07. The van der Waals surface area contributed by atoms with Gasteiger partial charge in [0.25, 0.3) is 0 Å². The van der Waals surface area contributed by atoms with Crippen LogP contribution in [0.15, 0.2) is 4.99 Å². The van der Waals surface area contributed by atoms with Crippen LogP contribution in [-0.4, -0.2) is 47.4 Å². The minimum Gasteiger partial charge on any atom is -0.353 e. The van der Waals surface area contributed by atoms with E-state index in [-0.39, 0.29) is 11.2 Å². The summed E-state index contributed by atoms with van der Waals surface area (Å²) in [6.07, 6.45) is 7.41. The molecule has 1 saturated carbocycles. The van der Waals surface area contributed by atoms with Crippen molar-refractivity contribution in [2.24, 2.45) is 10.9 Å². The summed E-state index contributed by atoms with van der Waals surface area (Å²) in [7, 11) is 2.05. The van der Waals surface area contributed by atoms with Crippen LogP contribution in [-0.2, 0) is 4.79 Å². The van der Waals surface area contributed by atoms with Crippen LogP contribution in [0.5, 0.6) is 0 Å². The van der Waals surface area contributed by atoms with Crippen molar-refractivity contribution < 1.29 is 4.79 Å². The Labute approximate surface area is 133 Å². The average Bonchev–Trinajstić information content (AvgIpc) is 2.68. The molecule has 0 saturated heterocycles. The summed E-state index contributed by atoms with van der Waals surface area (Å²) in [5, 5.41) is 4.28. The number of nitrogens with one attached hydrogen (secondary N) is 1. The molecule has 0 radical (unpaired) electrons. The van der Waals surface area contributed by atoms with E-state index in [0.29, 0.717) is 12.0 Å². The van der Waals surface area contributed by atoms with Gasteiger partial charge in [0.15, 0.2) is 5.17 Å². The van der Waals surface area contributed by atoms with Gasteiger partial charge >= 0.3 is 0 Å². The molecule has 1 heterocycles.